The van der Waals surface area contributed by atoms with Crippen LogP contribution in [0.2, 0.25) is 0 Å². The molecule has 1 saturated heterocycles. The molecule has 0 amide bonds. The molecule has 0 spiro atoms. The van der Waals surface area contributed by atoms with Crippen LogP contribution in [0.15, 0.2) is 5.16 Å². The Kier molecular flexibility index (Phi) is 3.37. The molecule has 0 aromatic heterocycles. The molecule has 0 radical (unpaired) electrons. The predicted octanol–water partition coefficient (Wildman–Crippen LogP) is 2.88. The Balaban J connectivity index is 1.60. The molecule has 0 aromatic carbocycles. The largest absolute Gasteiger partial charge is 0.411 e. The molecule has 1 heterocycles. The number of nitrogens with zero attached hydrogens (tertiary/aromatic N) is 2. The molecule has 0 bridgehead atoms. The Morgan fingerprint density at radius 3 is 2.53 bits per heavy atom. The maximum absolute atomic E-state index is 8.90. The zero-order valence-electron chi connectivity index (χ0n) is 10.6. The number of fused-ring (bicyclic) bond motifs is 1. The lowest BCUT2D eigenvalue weighted by molar-refractivity contribution is 0.182. The predicted molar refractivity (Wildman–Crippen MR) is 68.5 cm³/mol. The molecule has 3 nitrogen and oxygen atoms in total. The highest BCUT2D eigenvalue weighted by Crippen LogP contribution is 2.37. The maximum atomic E-state index is 8.90. The normalized spacial score (nSPS) is 38.5. The van der Waals surface area contributed by atoms with Crippen molar-refractivity contribution in [1.29, 1.82) is 0 Å². The fourth-order valence-electron chi connectivity index (χ4n) is 4.13. The van der Waals surface area contributed by atoms with Gasteiger partial charge in [-0.25, -0.2) is 0 Å². The monoisotopic (exact) mass is 236 g/mol. The lowest BCUT2D eigenvalue weighted by Crippen LogP contribution is -2.35. The van der Waals surface area contributed by atoms with E-state index in [0.717, 1.165) is 36.4 Å². The zero-order chi connectivity index (χ0) is 11.7. The molecule has 1 aliphatic heterocycles. The molecule has 2 saturated carbocycles. The molecule has 3 fully saturated rings. The van der Waals surface area contributed by atoms with E-state index >= 15 is 0 Å². The summed E-state index contributed by atoms with van der Waals surface area (Å²) in [5.74, 6) is 1.65. The van der Waals surface area contributed by atoms with Gasteiger partial charge in [0.1, 0.15) is 0 Å². The van der Waals surface area contributed by atoms with Gasteiger partial charge in [-0.2, -0.15) is 0 Å². The molecular weight excluding hydrogens is 212 g/mol. The highest BCUT2D eigenvalue weighted by atomic mass is 16.4. The Labute approximate surface area is 104 Å². The molecule has 2 atom stereocenters. The minimum atomic E-state index is 0.775. The van der Waals surface area contributed by atoms with Crippen LogP contribution in [0, 0.1) is 11.8 Å². The first-order valence-corrected chi connectivity index (χ1v) is 7.30. The Morgan fingerprint density at radius 1 is 1.00 bits per heavy atom. The summed E-state index contributed by atoms with van der Waals surface area (Å²) in [6.45, 7) is 2.57. The third-order valence-electron chi connectivity index (χ3n) is 5.14. The van der Waals surface area contributed by atoms with Crippen molar-refractivity contribution >= 4 is 5.71 Å². The summed E-state index contributed by atoms with van der Waals surface area (Å²) in [4.78, 5) is 2.74. The van der Waals surface area contributed by atoms with E-state index in [2.05, 4.69) is 10.1 Å². The first-order chi connectivity index (χ1) is 8.36. The summed E-state index contributed by atoms with van der Waals surface area (Å²) >= 11 is 0. The van der Waals surface area contributed by atoms with E-state index in [4.69, 9.17) is 5.21 Å². The smallest absolute Gasteiger partial charge is 0.0574 e. The van der Waals surface area contributed by atoms with Gasteiger partial charge in [0, 0.05) is 19.1 Å². The molecule has 1 N–H and O–H groups in total. The average molecular weight is 236 g/mol. The van der Waals surface area contributed by atoms with Crippen molar-refractivity contribution in [3.63, 3.8) is 0 Å². The third kappa shape index (κ3) is 2.35. The molecule has 3 aliphatic rings. The third-order valence-corrected chi connectivity index (χ3v) is 5.14. The summed E-state index contributed by atoms with van der Waals surface area (Å²) in [6.07, 6.45) is 10.5. The van der Waals surface area contributed by atoms with Crippen LogP contribution >= 0.6 is 0 Å². The fraction of sp³-hybridized carbons (Fsp3) is 0.929. The highest BCUT2D eigenvalue weighted by molar-refractivity contribution is 5.84. The summed E-state index contributed by atoms with van der Waals surface area (Å²) in [5.41, 5.74) is 1.04. The van der Waals surface area contributed by atoms with E-state index < -0.39 is 0 Å². The van der Waals surface area contributed by atoms with Gasteiger partial charge in [0.2, 0.25) is 0 Å². The van der Waals surface area contributed by atoms with Crippen molar-refractivity contribution < 1.29 is 5.21 Å². The van der Waals surface area contributed by atoms with E-state index in [-0.39, 0.29) is 0 Å². The van der Waals surface area contributed by atoms with Crippen LogP contribution in [-0.2, 0) is 0 Å². The lowest BCUT2D eigenvalue weighted by Gasteiger charge is -2.31. The summed E-state index contributed by atoms with van der Waals surface area (Å²) in [7, 11) is 0. The molecule has 2 aliphatic carbocycles. The van der Waals surface area contributed by atoms with E-state index in [0.29, 0.717) is 0 Å². The number of rotatable bonds is 1. The van der Waals surface area contributed by atoms with E-state index in [9.17, 15) is 0 Å². The molecule has 0 unspecified atom stereocenters. The summed E-state index contributed by atoms with van der Waals surface area (Å²) < 4.78 is 0. The number of hydrogen-bond donors (Lipinski definition) is 1. The second-order valence-corrected chi connectivity index (χ2v) is 6.17. The van der Waals surface area contributed by atoms with E-state index in [1.54, 1.807) is 0 Å². The number of oxime groups is 1. The minimum Gasteiger partial charge on any atom is -0.411 e. The average Bonchev–Trinajstić information content (AvgIpc) is 2.82. The number of likely N-dealkylation sites (tertiary alicyclic amines) is 1. The standard InChI is InChI=1S/C14H24N2O/c17-15-13-7-6-11-9-16(10-12(11)8-13)14-4-2-1-3-5-14/h11-12,14,17H,1-10H2/t11-,12-/m1/s1. The van der Waals surface area contributed by atoms with Gasteiger partial charge in [-0.1, -0.05) is 24.4 Å². The second kappa shape index (κ2) is 4.97. The van der Waals surface area contributed by atoms with Crippen molar-refractivity contribution in [2.75, 3.05) is 13.1 Å². The van der Waals surface area contributed by atoms with Crippen LogP contribution in [0.1, 0.15) is 51.4 Å². The highest BCUT2D eigenvalue weighted by Gasteiger charge is 2.39. The van der Waals surface area contributed by atoms with Gasteiger partial charge in [0.15, 0.2) is 0 Å². The fourth-order valence-corrected chi connectivity index (χ4v) is 4.13. The van der Waals surface area contributed by atoms with Gasteiger partial charge in [-0.3, -0.25) is 4.90 Å². The van der Waals surface area contributed by atoms with Crippen molar-refractivity contribution in [3.8, 4) is 0 Å². The van der Waals surface area contributed by atoms with Crippen molar-refractivity contribution in [1.82, 2.24) is 4.90 Å². The Morgan fingerprint density at radius 2 is 1.76 bits per heavy atom. The van der Waals surface area contributed by atoms with E-state index in [1.165, 1.54) is 51.6 Å². The summed E-state index contributed by atoms with van der Waals surface area (Å²) in [6, 6.07) is 0.865. The van der Waals surface area contributed by atoms with Crippen LogP contribution in [0.5, 0.6) is 0 Å². The van der Waals surface area contributed by atoms with Gasteiger partial charge >= 0.3 is 0 Å². The first-order valence-electron chi connectivity index (χ1n) is 7.30. The van der Waals surface area contributed by atoms with Gasteiger partial charge < -0.3 is 5.21 Å². The molecule has 0 aromatic rings. The van der Waals surface area contributed by atoms with Gasteiger partial charge in [0.25, 0.3) is 0 Å². The SMILES string of the molecule is ON=C1CC[C@@H]2CN(C3CCCCC3)C[C@H]2C1. The maximum Gasteiger partial charge on any atom is 0.0574 e. The number of hydrogen-bond acceptors (Lipinski definition) is 3. The van der Waals surface area contributed by atoms with Crippen LogP contribution in [0.3, 0.4) is 0 Å². The molecule has 96 valence electrons. The van der Waals surface area contributed by atoms with Gasteiger partial charge in [-0.05, 0) is 43.9 Å². The molecular formula is C14H24N2O. The first kappa shape index (κ1) is 11.5. The van der Waals surface area contributed by atoms with Gasteiger partial charge in [-0.15, -0.1) is 0 Å². The van der Waals surface area contributed by atoms with Crippen LogP contribution in [-0.4, -0.2) is 35.0 Å². The second-order valence-electron chi connectivity index (χ2n) is 6.17. The molecule has 3 heteroatoms. The minimum absolute atomic E-state index is 0.775. The van der Waals surface area contributed by atoms with Crippen molar-refractivity contribution in [3.05, 3.63) is 0 Å². The molecule has 3 rings (SSSR count). The Hall–Kier alpha value is -0.570. The topological polar surface area (TPSA) is 35.8 Å². The summed E-state index contributed by atoms with van der Waals surface area (Å²) in [5, 5.41) is 12.3. The zero-order valence-corrected chi connectivity index (χ0v) is 10.6. The van der Waals surface area contributed by atoms with Crippen LogP contribution in [0.25, 0.3) is 0 Å². The van der Waals surface area contributed by atoms with Gasteiger partial charge in [0.05, 0.1) is 5.71 Å². The Bertz CT molecular complexity index is 297. The quantitative estimate of drug-likeness (QED) is 0.561. The van der Waals surface area contributed by atoms with E-state index in [1.807, 2.05) is 0 Å². The van der Waals surface area contributed by atoms with Crippen LogP contribution < -0.4 is 0 Å². The van der Waals surface area contributed by atoms with Crippen LogP contribution in [0.4, 0.5) is 0 Å². The molecule has 17 heavy (non-hydrogen) atoms. The lowest BCUT2D eigenvalue weighted by atomic mass is 9.81. The van der Waals surface area contributed by atoms with Crippen molar-refractivity contribution in [2.24, 2.45) is 17.0 Å². The van der Waals surface area contributed by atoms with Crippen molar-refractivity contribution in [2.45, 2.75) is 57.4 Å².